The summed E-state index contributed by atoms with van der Waals surface area (Å²) in [5.41, 5.74) is 9.92. The van der Waals surface area contributed by atoms with Crippen LogP contribution in [-0.4, -0.2) is 27.0 Å². The van der Waals surface area contributed by atoms with Gasteiger partial charge in [-0.05, 0) is 43.0 Å². The molecular weight excluding hydrogens is 330 g/mol. The number of ether oxygens (including phenoxy) is 1. The second kappa shape index (κ2) is 6.67. The van der Waals surface area contributed by atoms with Crippen molar-refractivity contribution in [2.24, 2.45) is 0 Å². The fourth-order valence-electron chi connectivity index (χ4n) is 3.27. The number of nitrogens with two attached hydrogens (primary N) is 1. The molecule has 1 aromatic carbocycles. The van der Waals surface area contributed by atoms with Gasteiger partial charge in [0.25, 0.3) is 5.91 Å². The number of amides is 1. The Balaban J connectivity index is 1.49. The number of nitrogen functional groups attached to an aromatic ring is 1. The zero-order valence-corrected chi connectivity index (χ0v) is 14.7. The lowest BCUT2D eigenvalue weighted by atomic mass is 10.0. The highest BCUT2D eigenvalue weighted by Gasteiger charge is 2.14. The minimum absolute atomic E-state index is 0.182. The lowest BCUT2D eigenvalue weighted by Gasteiger charge is -2.18. The number of nitrogens with one attached hydrogen (secondary N) is 1. The van der Waals surface area contributed by atoms with E-state index in [-0.39, 0.29) is 5.91 Å². The van der Waals surface area contributed by atoms with Gasteiger partial charge in [-0.3, -0.25) is 9.36 Å². The molecule has 1 aliphatic rings. The van der Waals surface area contributed by atoms with Gasteiger partial charge < -0.3 is 15.8 Å². The number of rotatable bonds is 4. The molecule has 3 heterocycles. The van der Waals surface area contributed by atoms with E-state index in [9.17, 15) is 4.79 Å². The second-order valence-electron chi connectivity index (χ2n) is 6.36. The Morgan fingerprint density at radius 2 is 2.27 bits per heavy atom. The van der Waals surface area contributed by atoms with Crippen molar-refractivity contribution in [3.63, 3.8) is 0 Å². The Bertz CT molecular complexity index is 979. The molecule has 3 aromatic rings. The van der Waals surface area contributed by atoms with Crippen LogP contribution >= 0.6 is 0 Å². The van der Waals surface area contributed by atoms with Gasteiger partial charge in [0.2, 0.25) is 5.95 Å². The third kappa shape index (κ3) is 2.96. The van der Waals surface area contributed by atoms with E-state index in [1.165, 1.54) is 5.56 Å². The van der Waals surface area contributed by atoms with Crippen LogP contribution in [0.25, 0.3) is 11.2 Å². The van der Waals surface area contributed by atoms with Crippen LogP contribution in [0.2, 0.25) is 0 Å². The Labute approximate surface area is 151 Å². The van der Waals surface area contributed by atoms with Crippen molar-refractivity contribution >= 4 is 23.0 Å². The second-order valence-corrected chi connectivity index (χ2v) is 6.36. The van der Waals surface area contributed by atoms with E-state index in [1.54, 1.807) is 12.3 Å². The van der Waals surface area contributed by atoms with Crippen LogP contribution in [0.5, 0.6) is 5.75 Å². The molecule has 7 heteroatoms. The summed E-state index contributed by atoms with van der Waals surface area (Å²) < 4.78 is 7.43. The quantitative estimate of drug-likeness (QED) is 0.752. The van der Waals surface area contributed by atoms with Gasteiger partial charge in [0.15, 0.2) is 5.65 Å². The summed E-state index contributed by atoms with van der Waals surface area (Å²) in [6, 6.07) is 7.78. The zero-order valence-electron chi connectivity index (χ0n) is 14.7. The minimum Gasteiger partial charge on any atom is -0.493 e. The number of pyridine rings is 1. The number of nitrogens with zero attached hydrogens (tertiary/aromatic N) is 3. The Kier molecular flexibility index (Phi) is 4.20. The summed E-state index contributed by atoms with van der Waals surface area (Å²) in [6.45, 7) is 3.89. The first-order chi connectivity index (χ1) is 12.7. The molecule has 7 nitrogen and oxygen atoms in total. The van der Waals surface area contributed by atoms with Crippen molar-refractivity contribution in [3.8, 4) is 5.75 Å². The van der Waals surface area contributed by atoms with Crippen molar-refractivity contribution in [2.45, 2.75) is 32.9 Å². The Hall–Kier alpha value is -3.09. The van der Waals surface area contributed by atoms with Gasteiger partial charge in [-0.25, -0.2) is 9.97 Å². The number of anilines is 1. The first-order valence-electron chi connectivity index (χ1n) is 8.80. The molecule has 0 saturated heterocycles. The normalized spacial score (nSPS) is 13.3. The third-order valence-corrected chi connectivity index (χ3v) is 4.62. The lowest BCUT2D eigenvalue weighted by Crippen LogP contribution is -2.23. The SMILES string of the molecule is CCn1c(N)nc2cc(C(=O)NCc3ccc4c(c3)CCCO4)cnc21. The van der Waals surface area contributed by atoms with Crippen LogP contribution in [-0.2, 0) is 19.5 Å². The van der Waals surface area contributed by atoms with Crippen molar-refractivity contribution in [1.82, 2.24) is 19.9 Å². The van der Waals surface area contributed by atoms with E-state index in [4.69, 9.17) is 10.5 Å². The number of hydrogen-bond acceptors (Lipinski definition) is 5. The summed E-state index contributed by atoms with van der Waals surface area (Å²) in [4.78, 5) is 21.1. The highest BCUT2D eigenvalue weighted by atomic mass is 16.5. The Morgan fingerprint density at radius 3 is 3.12 bits per heavy atom. The maximum absolute atomic E-state index is 12.5. The standard InChI is InChI=1S/C19H21N5O2/c1-2-24-17-15(23-19(24)20)9-14(11-21-17)18(25)22-10-12-5-6-16-13(8-12)4-3-7-26-16/h5-6,8-9,11H,2-4,7,10H2,1H3,(H2,20,23)(H,22,25). The molecule has 3 N–H and O–H groups in total. The molecule has 0 atom stereocenters. The predicted molar refractivity (Wildman–Crippen MR) is 99.0 cm³/mol. The average Bonchev–Trinajstić information content (AvgIpc) is 2.99. The monoisotopic (exact) mass is 351 g/mol. The summed E-state index contributed by atoms with van der Waals surface area (Å²) in [7, 11) is 0. The third-order valence-electron chi connectivity index (χ3n) is 4.62. The highest BCUT2D eigenvalue weighted by Crippen LogP contribution is 2.25. The molecule has 26 heavy (non-hydrogen) atoms. The molecule has 0 bridgehead atoms. The minimum atomic E-state index is -0.182. The van der Waals surface area contributed by atoms with Crippen molar-refractivity contribution in [3.05, 3.63) is 47.2 Å². The van der Waals surface area contributed by atoms with Crippen LogP contribution in [0, 0.1) is 0 Å². The molecule has 0 saturated carbocycles. The number of benzene rings is 1. The summed E-state index contributed by atoms with van der Waals surface area (Å²) in [5, 5.41) is 2.94. The van der Waals surface area contributed by atoms with Crippen LogP contribution in [0.1, 0.15) is 34.8 Å². The van der Waals surface area contributed by atoms with Crippen molar-refractivity contribution in [1.29, 1.82) is 0 Å². The van der Waals surface area contributed by atoms with Gasteiger partial charge in [-0.15, -0.1) is 0 Å². The summed E-state index contributed by atoms with van der Waals surface area (Å²) >= 11 is 0. The molecule has 0 fully saturated rings. The number of aryl methyl sites for hydroxylation is 2. The first kappa shape index (κ1) is 16.4. The number of imidazole rings is 1. The molecule has 1 aliphatic heterocycles. The molecule has 2 aromatic heterocycles. The maximum atomic E-state index is 12.5. The molecular formula is C19H21N5O2. The van der Waals surface area contributed by atoms with Gasteiger partial charge in [0.05, 0.1) is 12.2 Å². The van der Waals surface area contributed by atoms with E-state index in [0.29, 0.717) is 35.8 Å². The van der Waals surface area contributed by atoms with Gasteiger partial charge in [-0.2, -0.15) is 0 Å². The maximum Gasteiger partial charge on any atom is 0.253 e. The number of carbonyl (C=O) groups excluding carboxylic acids is 1. The van der Waals surface area contributed by atoms with Gasteiger partial charge in [-0.1, -0.05) is 12.1 Å². The molecule has 0 spiro atoms. The smallest absolute Gasteiger partial charge is 0.253 e. The Morgan fingerprint density at radius 1 is 1.38 bits per heavy atom. The molecule has 0 unspecified atom stereocenters. The van der Waals surface area contributed by atoms with Gasteiger partial charge in [0.1, 0.15) is 11.3 Å². The fourth-order valence-corrected chi connectivity index (χ4v) is 3.27. The first-order valence-corrected chi connectivity index (χ1v) is 8.80. The number of hydrogen-bond donors (Lipinski definition) is 2. The fraction of sp³-hybridized carbons (Fsp3) is 0.316. The van der Waals surface area contributed by atoms with E-state index in [0.717, 1.165) is 30.8 Å². The molecule has 0 radical (unpaired) electrons. The van der Waals surface area contributed by atoms with E-state index >= 15 is 0 Å². The van der Waals surface area contributed by atoms with Crippen molar-refractivity contribution in [2.75, 3.05) is 12.3 Å². The largest absolute Gasteiger partial charge is 0.493 e. The van der Waals surface area contributed by atoms with Gasteiger partial charge >= 0.3 is 0 Å². The van der Waals surface area contributed by atoms with Crippen LogP contribution < -0.4 is 15.8 Å². The molecule has 134 valence electrons. The van der Waals surface area contributed by atoms with E-state index in [2.05, 4.69) is 21.4 Å². The highest BCUT2D eigenvalue weighted by molar-refractivity contribution is 5.96. The number of carbonyl (C=O) groups is 1. The number of fused-ring (bicyclic) bond motifs is 2. The average molecular weight is 351 g/mol. The van der Waals surface area contributed by atoms with Crippen LogP contribution in [0.4, 0.5) is 5.95 Å². The van der Waals surface area contributed by atoms with E-state index in [1.807, 2.05) is 23.6 Å². The number of aromatic nitrogens is 3. The van der Waals surface area contributed by atoms with Crippen LogP contribution in [0.3, 0.4) is 0 Å². The predicted octanol–water partition coefficient (Wildman–Crippen LogP) is 2.29. The topological polar surface area (TPSA) is 95.1 Å². The zero-order chi connectivity index (χ0) is 18.1. The molecule has 0 aliphatic carbocycles. The van der Waals surface area contributed by atoms with E-state index < -0.39 is 0 Å². The van der Waals surface area contributed by atoms with Crippen LogP contribution in [0.15, 0.2) is 30.5 Å². The summed E-state index contributed by atoms with van der Waals surface area (Å²) in [5.74, 6) is 1.17. The molecule has 4 rings (SSSR count). The van der Waals surface area contributed by atoms with Gasteiger partial charge in [0, 0.05) is 19.3 Å². The van der Waals surface area contributed by atoms with Crippen molar-refractivity contribution < 1.29 is 9.53 Å². The molecule has 1 amide bonds. The lowest BCUT2D eigenvalue weighted by molar-refractivity contribution is 0.0950. The summed E-state index contributed by atoms with van der Waals surface area (Å²) in [6.07, 6.45) is 3.60.